The van der Waals surface area contributed by atoms with Crippen molar-refractivity contribution >= 4 is 17.4 Å². The van der Waals surface area contributed by atoms with Crippen molar-refractivity contribution in [1.82, 2.24) is 9.80 Å². The van der Waals surface area contributed by atoms with Gasteiger partial charge in [0.2, 0.25) is 0 Å². The van der Waals surface area contributed by atoms with Crippen LogP contribution in [0.1, 0.15) is 35.1 Å². The number of hydrogen-bond donors (Lipinski definition) is 2. The molecule has 0 aliphatic carbocycles. The Morgan fingerprint density at radius 1 is 1.06 bits per heavy atom. The molecule has 0 atom stereocenters. The molecule has 2 aromatic carbocycles. The Morgan fingerprint density at radius 3 is 2.50 bits per heavy atom. The van der Waals surface area contributed by atoms with E-state index in [9.17, 15) is 23.1 Å². The number of nitrogens with one attached hydrogen (secondary N) is 1. The molecule has 0 aromatic heterocycles. The minimum absolute atomic E-state index is 0.0215. The van der Waals surface area contributed by atoms with Gasteiger partial charge < -0.3 is 15.3 Å². The Bertz CT molecular complexity index is 1050. The third-order valence-corrected chi connectivity index (χ3v) is 6.74. The van der Waals surface area contributed by atoms with E-state index in [0.29, 0.717) is 12.2 Å². The molecule has 184 valence electrons. The summed E-state index contributed by atoms with van der Waals surface area (Å²) in [5, 5.41) is 12.5. The first-order chi connectivity index (χ1) is 16.1. The molecule has 2 aliphatic rings. The third kappa shape index (κ3) is 5.31. The number of aryl methyl sites for hydroxylation is 1. The molecule has 0 radical (unpaired) electrons. The van der Waals surface area contributed by atoms with Gasteiger partial charge in [0.1, 0.15) is 5.75 Å². The highest BCUT2D eigenvalue weighted by molar-refractivity contribution is 6.03. The molecule has 0 spiro atoms. The maximum Gasteiger partial charge on any atom is 0.417 e. The van der Waals surface area contributed by atoms with Crippen LogP contribution in [0.2, 0.25) is 0 Å². The van der Waals surface area contributed by atoms with Gasteiger partial charge in [-0.3, -0.25) is 9.80 Å². The first-order valence-corrected chi connectivity index (χ1v) is 11.6. The van der Waals surface area contributed by atoms with Crippen LogP contribution < -0.4 is 10.2 Å². The van der Waals surface area contributed by atoms with Crippen molar-refractivity contribution in [3.8, 4) is 5.75 Å². The van der Waals surface area contributed by atoms with Crippen LogP contribution in [0, 0.1) is 6.92 Å². The molecule has 6 nitrogen and oxygen atoms in total. The van der Waals surface area contributed by atoms with E-state index in [1.807, 2.05) is 11.9 Å². The molecule has 2 amide bonds. The van der Waals surface area contributed by atoms with E-state index in [4.69, 9.17) is 0 Å². The Balaban J connectivity index is 1.59. The van der Waals surface area contributed by atoms with Crippen molar-refractivity contribution in [3.63, 3.8) is 0 Å². The molecule has 9 heteroatoms. The minimum Gasteiger partial charge on any atom is -0.508 e. The van der Waals surface area contributed by atoms with E-state index in [1.165, 1.54) is 19.1 Å². The molecule has 2 N–H and O–H groups in total. The fourth-order valence-corrected chi connectivity index (χ4v) is 4.81. The van der Waals surface area contributed by atoms with Crippen LogP contribution in [0.5, 0.6) is 5.75 Å². The number of phenols is 1. The van der Waals surface area contributed by atoms with Gasteiger partial charge in [0.25, 0.3) is 0 Å². The van der Waals surface area contributed by atoms with Crippen molar-refractivity contribution in [2.24, 2.45) is 0 Å². The van der Waals surface area contributed by atoms with Crippen molar-refractivity contribution in [2.75, 3.05) is 50.0 Å². The zero-order valence-corrected chi connectivity index (χ0v) is 19.6. The summed E-state index contributed by atoms with van der Waals surface area (Å²) in [5.41, 5.74) is 1.25. The van der Waals surface area contributed by atoms with Crippen LogP contribution in [0.3, 0.4) is 0 Å². The van der Waals surface area contributed by atoms with Crippen molar-refractivity contribution in [3.05, 3.63) is 52.6 Å². The summed E-state index contributed by atoms with van der Waals surface area (Å²) in [6, 6.07) is 7.42. The number of nitrogens with zero attached hydrogens (tertiary/aromatic N) is 3. The van der Waals surface area contributed by atoms with Crippen LogP contribution in [-0.2, 0) is 19.1 Å². The summed E-state index contributed by atoms with van der Waals surface area (Å²) in [6.45, 7) is 5.18. The standard InChI is InChI=1S/C25H31F3N4O2/c1-17-21(29-24(34)32-10-4-3-5-18-15-20(33)7-9-22(18)32)8-6-19(23(17)25(26,27)28)16-31-13-11-30(2)12-14-31/h6-9,15,33H,3-5,10-14,16H2,1-2H3,(H,29,34). The average molecular weight is 477 g/mol. The monoisotopic (exact) mass is 476 g/mol. The fraction of sp³-hybridized carbons (Fsp3) is 0.480. The fourth-order valence-electron chi connectivity index (χ4n) is 4.81. The lowest BCUT2D eigenvalue weighted by Crippen LogP contribution is -2.44. The number of piperazine rings is 1. The number of aromatic hydroxyl groups is 1. The van der Waals surface area contributed by atoms with Gasteiger partial charge in [-0.1, -0.05) is 6.07 Å². The Kier molecular flexibility index (Phi) is 7.04. The summed E-state index contributed by atoms with van der Waals surface area (Å²) >= 11 is 0. The Hall–Kier alpha value is -2.78. The smallest absolute Gasteiger partial charge is 0.417 e. The van der Waals surface area contributed by atoms with Gasteiger partial charge in [-0.2, -0.15) is 13.2 Å². The van der Waals surface area contributed by atoms with Crippen molar-refractivity contribution < 1.29 is 23.1 Å². The number of carbonyl (C=O) groups excluding carboxylic acids is 1. The van der Waals surface area contributed by atoms with Crippen LogP contribution >= 0.6 is 0 Å². The van der Waals surface area contributed by atoms with Gasteiger partial charge in [0.05, 0.1) is 5.56 Å². The molecule has 2 aliphatic heterocycles. The maximum absolute atomic E-state index is 14.1. The molecule has 0 saturated carbocycles. The molecule has 0 unspecified atom stereocenters. The van der Waals surface area contributed by atoms with Gasteiger partial charge >= 0.3 is 12.2 Å². The van der Waals surface area contributed by atoms with Crippen molar-refractivity contribution in [2.45, 2.75) is 38.9 Å². The normalized spacial score (nSPS) is 17.9. The van der Waals surface area contributed by atoms with Crippen LogP contribution in [-0.4, -0.2) is 60.7 Å². The topological polar surface area (TPSA) is 59.1 Å². The van der Waals surface area contributed by atoms with Crippen LogP contribution in [0.15, 0.2) is 30.3 Å². The number of anilines is 2. The lowest BCUT2D eigenvalue weighted by molar-refractivity contribution is -0.138. The molecule has 4 rings (SSSR count). The van der Waals surface area contributed by atoms with Gasteiger partial charge in [0.15, 0.2) is 0 Å². The SMILES string of the molecule is Cc1c(NC(=O)N2CCCCc3cc(O)ccc32)ccc(CN2CCN(C)CC2)c1C(F)(F)F. The molecular weight excluding hydrogens is 445 g/mol. The molecule has 1 saturated heterocycles. The predicted molar refractivity (Wildman–Crippen MR) is 126 cm³/mol. The van der Waals surface area contributed by atoms with Crippen LogP contribution in [0.4, 0.5) is 29.3 Å². The third-order valence-electron chi connectivity index (χ3n) is 6.74. The number of halogens is 3. The maximum atomic E-state index is 14.1. The van der Waals surface area contributed by atoms with Crippen molar-refractivity contribution in [1.29, 1.82) is 0 Å². The number of alkyl halides is 3. The number of hydrogen-bond acceptors (Lipinski definition) is 4. The number of carbonyl (C=O) groups is 1. The predicted octanol–water partition coefficient (Wildman–Crippen LogP) is 4.84. The largest absolute Gasteiger partial charge is 0.508 e. The summed E-state index contributed by atoms with van der Waals surface area (Å²) < 4.78 is 42.3. The highest BCUT2D eigenvalue weighted by Gasteiger charge is 2.37. The van der Waals surface area contributed by atoms with E-state index in [0.717, 1.165) is 51.0 Å². The van der Waals surface area contributed by atoms with Gasteiger partial charge in [-0.15, -0.1) is 0 Å². The molecule has 2 heterocycles. The second-order valence-electron chi connectivity index (χ2n) is 9.20. The van der Waals surface area contributed by atoms with Gasteiger partial charge in [-0.25, -0.2) is 4.79 Å². The Labute approximate surface area is 198 Å². The number of benzene rings is 2. The van der Waals surface area contributed by atoms with Crippen LogP contribution in [0.25, 0.3) is 0 Å². The average Bonchev–Trinajstić information content (AvgIpc) is 2.98. The molecule has 34 heavy (non-hydrogen) atoms. The zero-order chi connectivity index (χ0) is 24.5. The minimum atomic E-state index is -4.53. The summed E-state index contributed by atoms with van der Waals surface area (Å²) in [4.78, 5) is 18.9. The zero-order valence-electron chi connectivity index (χ0n) is 19.6. The molecule has 2 aromatic rings. The number of rotatable bonds is 3. The second-order valence-corrected chi connectivity index (χ2v) is 9.20. The van der Waals surface area contributed by atoms with E-state index >= 15 is 0 Å². The molecule has 1 fully saturated rings. The number of likely N-dealkylation sites (N-methyl/N-ethyl adjacent to an activating group) is 1. The second kappa shape index (κ2) is 9.84. The first-order valence-electron chi connectivity index (χ1n) is 11.6. The lowest BCUT2D eigenvalue weighted by atomic mass is 9.98. The lowest BCUT2D eigenvalue weighted by Gasteiger charge is -2.33. The summed E-state index contributed by atoms with van der Waals surface area (Å²) in [7, 11) is 2.01. The number of urea groups is 1. The number of phenolic OH excluding ortho intramolecular Hbond substituents is 1. The van der Waals surface area contributed by atoms with E-state index in [2.05, 4.69) is 10.2 Å². The molecule has 0 bridgehead atoms. The first kappa shape index (κ1) is 24.3. The summed E-state index contributed by atoms with van der Waals surface area (Å²) in [6.07, 6.45) is -2.18. The Morgan fingerprint density at radius 2 is 1.79 bits per heavy atom. The quantitative estimate of drug-likeness (QED) is 0.666. The number of fused-ring (bicyclic) bond motifs is 1. The number of amides is 2. The van der Waals surface area contributed by atoms with E-state index < -0.39 is 17.8 Å². The van der Waals surface area contributed by atoms with Gasteiger partial charge in [0, 0.05) is 50.6 Å². The summed E-state index contributed by atoms with van der Waals surface area (Å²) in [5.74, 6) is 0.127. The van der Waals surface area contributed by atoms with E-state index in [-0.39, 0.29) is 29.1 Å². The highest BCUT2D eigenvalue weighted by Crippen LogP contribution is 2.38. The van der Waals surface area contributed by atoms with E-state index in [1.54, 1.807) is 23.1 Å². The highest BCUT2D eigenvalue weighted by atomic mass is 19.4. The molecular formula is C25H31F3N4O2. The van der Waals surface area contributed by atoms with Gasteiger partial charge in [-0.05, 0) is 74.2 Å².